The van der Waals surface area contributed by atoms with Crippen LogP contribution in [0, 0.1) is 19.4 Å². The number of methoxy groups -OCH3 is 2. The number of hydrogen-bond acceptors (Lipinski definition) is 15. The minimum atomic E-state index is -3.48. The molecular formula is C50H56BF2N10O10P. The summed E-state index contributed by atoms with van der Waals surface area (Å²) in [6.07, 6.45) is -6.89. The molecule has 388 valence electrons. The number of fused-ring (bicyclic) bond motifs is 2. The second kappa shape index (κ2) is 22.0. The number of imidazole rings is 2. The molecule has 0 spiro atoms. The normalized spacial score (nSPS) is 22.8. The maximum absolute atomic E-state index is 18.2. The van der Waals surface area contributed by atoms with Crippen molar-refractivity contribution in [1.29, 1.82) is 0 Å². The first-order chi connectivity index (χ1) is 35.7. The van der Waals surface area contributed by atoms with Crippen molar-refractivity contribution in [3.05, 3.63) is 142 Å². The Labute approximate surface area is 425 Å². The molecule has 0 aliphatic carbocycles. The molecule has 20 nitrogen and oxygen atoms in total. The number of carbonyl (C=O) groups excluding carboxylic acids is 1. The smallest absolute Gasteiger partial charge is 0.280 e. The Morgan fingerprint density at radius 1 is 0.851 bits per heavy atom. The number of anilines is 1. The van der Waals surface area contributed by atoms with Gasteiger partial charge in [-0.25, -0.2) is 48.9 Å². The van der Waals surface area contributed by atoms with Crippen LogP contribution in [0.1, 0.15) is 62.0 Å². The number of hydrogen-bond donors (Lipinski definition) is 2. The molecule has 4 aromatic heterocycles. The van der Waals surface area contributed by atoms with Gasteiger partial charge in [0, 0.05) is 5.92 Å². The minimum Gasteiger partial charge on any atom is -0.497 e. The zero-order valence-corrected chi connectivity index (χ0v) is 41.5. The molecule has 9 atom stereocenters. The summed E-state index contributed by atoms with van der Waals surface area (Å²) in [5.41, 5.74) is 1.05. The summed E-state index contributed by atoms with van der Waals surface area (Å²) in [6, 6.07) is 24.1. The van der Waals surface area contributed by atoms with Crippen molar-refractivity contribution in [3.8, 4) is 11.5 Å². The molecule has 2 fully saturated rings. The van der Waals surface area contributed by atoms with E-state index in [2.05, 4.69) is 40.1 Å². The molecule has 0 saturated carbocycles. The SMILES string of the molecule is [BH3-][P+](OCC[N+]#[C-])(OC[C@H]1O[C@@H](n2cnc3c(C)ncnc32)[C@@H](F)C1OC(c1ccccc1)(c1ccc(OC)cc1)c1ccc(OC)cc1)OC1[C@@H](CC)O[C@@H](n2cnc3c(=O)[nH]c(NC(=O)C(C)C)nc32)[C@H]1F. The summed E-state index contributed by atoms with van der Waals surface area (Å²) in [6.45, 7) is 14.0. The van der Waals surface area contributed by atoms with E-state index in [1.54, 1.807) is 66.2 Å². The van der Waals surface area contributed by atoms with Crippen molar-refractivity contribution in [2.24, 2.45) is 5.92 Å². The number of rotatable bonds is 20. The maximum atomic E-state index is 18.2. The lowest BCUT2D eigenvalue weighted by Crippen LogP contribution is -2.44. The minimum absolute atomic E-state index is 0.0251. The fourth-order valence-corrected chi connectivity index (χ4v) is 10.0. The summed E-state index contributed by atoms with van der Waals surface area (Å²) in [7, 11) is -1.52. The van der Waals surface area contributed by atoms with Crippen LogP contribution in [-0.2, 0) is 38.2 Å². The summed E-state index contributed by atoms with van der Waals surface area (Å²) in [5, 5.41) is 2.58. The number of benzene rings is 3. The van der Waals surface area contributed by atoms with E-state index >= 15 is 8.78 Å². The first kappa shape index (κ1) is 52.1. The number of nitrogens with one attached hydrogen (secondary N) is 2. The van der Waals surface area contributed by atoms with Gasteiger partial charge in [0.1, 0.15) is 47.8 Å². The number of amides is 1. The first-order valence-corrected chi connectivity index (χ1v) is 24.6. The molecule has 7 aromatic rings. The highest BCUT2D eigenvalue weighted by atomic mass is 31.2. The van der Waals surface area contributed by atoms with Crippen molar-refractivity contribution in [3.63, 3.8) is 0 Å². The van der Waals surface area contributed by atoms with Crippen molar-refractivity contribution < 1.29 is 50.8 Å². The fourth-order valence-electron chi connectivity index (χ4n) is 8.88. The molecule has 6 heterocycles. The zero-order valence-electron chi connectivity index (χ0n) is 40.6. The molecule has 1 amide bonds. The molecule has 0 radical (unpaired) electrons. The standard InChI is InChI=1S/C50H56BF2N10O10P/c1-8-35-42(38(53)48(70-35)63-27-58-40-44(63)59-49(61-46(40)65)60-45(64)28(2)3)73-74(51,68-23-22-54-5)69-24-36-41(37(52)47(71-36)62-26-57-39-29(4)55-25-56-43(39)62)72-50(30-12-10-9-11-13-30,31-14-18-33(66-6)19-15-31)32-16-20-34(67-7)21-17-32/h9-21,25-28,35-38,41-42,47-48H,8,22-24H2,1-4,6-7,51H3,(H2,59,60,61,64,65)/t35-,36-,37+,38+,41?,42?,47-,48-,74?/m1/s1. The third-order valence-corrected chi connectivity index (χ3v) is 13.8. The van der Waals surface area contributed by atoms with Gasteiger partial charge in [-0.1, -0.05) is 75.4 Å². The van der Waals surface area contributed by atoms with E-state index in [0.29, 0.717) is 45.0 Å². The summed E-state index contributed by atoms with van der Waals surface area (Å²) >= 11 is 0. The number of carbonyl (C=O) groups is 1. The van der Waals surface area contributed by atoms with E-state index in [1.807, 2.05) is 54.6 Å². The molecular weight excluding hydrogens is 980 g/mol. The molecule has 3 aromatic carbocycles. The topological polar surface area (TPSA) is 214 Å². The number of H-pyrrole nitrogens is 1. The van der Waals surface area contributed by atoms with Gasteiger partial charge in [-0.15, -0.1) is 0 Å². The van der Waals surface area contributed by atoms with Gasteiger partial charge in [-0.05, 0) is 54.3 Å². The van der Waals surface area contributed by atoms with Crippen molar-refractivity contribution in [2.75, 3.05) is 39.3 Å². The largest absolute Gasteiger partial charge is 0.497 e. The lowest BCUT2D eigenvalue weighted by atomic mass is 9.79. The molecule has 0 bridgehead atoms. The van der Waals surface area contributed by atoms with Crippen LogP contribution in [0.2, 0.25) is 0 Å². The summed E-state index contributed by atoms with van der Waals surface area (Å²) in [4.78, 5) is 53.5. The van der Waals surface area contributed by atoms with Gasteiger partial charge in [-0.2, -0.15) is 4.98 Å². The van der Waals surface area contributed by atoms with Gasteiger partial charge in [0.05, 0.1) is 38.7 Å². The number of aromatic amines is 1. The average Bonchev–Trinajstić information content (AvgIpc) is 4.20. The van der Waals surface area contributed by atoms with Crippen LogP contribution in [0.25, 0.3) is 27.2 Å². The quantitative estimate of drug-likeness (QED) is 0.0273. The lowest BCUT2D eigenvalue weighted by molar-refractivity contribution is -0.118. The average molecular weight is 1040 g/mol. The second-order valence-electron chi connectivity index (χ2n) is 17.5. The number of halogens is 2. The van der Waals surface area contributed by atoms with Crippen LogP contribution < -0.4 is 20.3 Å². The Kier molecular flexibility index (Phi) is 15.5. The fraction of sp³-hybridized carbons (Fsp3) is 0.400. The van der Waals surface area contributed by atoms with Crippen molar-refractivity contribution >= 4 is 49.6 Å². The summed E-state index contributed by atoms with van der Waals surface area (Å²) in [5.74, 6) is 0.232. The zero-order chi connectivity index (χ0) is 52.3. The van der Waals surface area contributed by atoms with E-state index in [0.717, 1.165) is 0 Å². The number of alkyl halides is 2. The van der Waals surface area contributed by atoms with Crippen molar-refractivity contribution in [2.45, 2.75) is 88.9 Å². The monoisotopic (exact) mass is 1040 g/mol. The highest BCUT2D eigenvalue weighted by Gasteiger charge is 2.56. The molecule has 2 aliphatic rings. The van der Waals surface area contributed by atoms with Gasteiger partial charge >= 0.3 is 0 Å². The molecule has 74 heavy (non-hydrogen) atoms. The van der Waals surface area contributed by atoms with Crippen LogP contribution in [0.15, 0.2) is 103 Å². The number of nitrogens with zero attached hydrogens (tertiary/aromatic N) is 8. The van der Waals surface area contributed by atoms with E-state index < -0.39 is 87.6 Å². The van der Waals surface area contributed by atoms with E-state index in [4.69, 9.17) is 43.8 Å². The Morgan fingerprint density at radius 2 is 1.45 bits per heavy atom. The van der Waals surface area contributed by atoms with E-state index in [9.17, 15) is 9.59 Å². The lowest BCUT2D eigenvalue weighted by Gasteiger charge is -2.39. The number of aromatic nitrogens is 8. The van der Waals surface area contributed by atoms with E-state index in [1.165, 1.54) is 28.1 Å². The first-order valence-electron chi connectivity index (χ1n) is 23.5. The number of ether oxygens (including phenoxy) is 5. The highest BCUT2D eigenvalue weighted by Crippen LogP contribution is 2.61. The van der Waals surface area contributed by atoms with Crippen LogP contribution in [0.4, 0.5) is 14.7 Å². The number of aryl methyl sites for hydroxylation is 1. The summed E-state index contributed by atoms with van der Waals surface area (Å²) < 4.78 is 89.7. The van der Waals surface area contributed by atoms with Crippen LogP contribution in [-0.4, -0.2) is 123 Å². The molecule has 2 N–H and O–H groups in total. The van der Waals surface area contributed by atoms with Crippen LogP contribution in [0.3, 0.4) is 0 Å². The molecule has 24 heteroatoms. The van der Waals surface area contributed by atoms with Crippen molar-refractivity contribution in [1.82, 2.24) is 39.0 Å². The Bertz CT molecular complexity index is 3140. The van der Waals surface area contributed by atoms with Crippen LogP contribution >= 0.6 is 7.82 Å². The third kappa shape index (κ3) is 10.1. The molecule has 9 rings (SSSR count). The Balaban J connectivity index is 1.09. The highest BCUT2D eigenvalue weighted by molar-refractivity contribution is 7.85. The van der Waals surface area contributed by atoms with Crippen LogP contribution in [0.5, 0.6) is 11.5 Å². The maximum Gasteiger partial charge on any atom is 0.280 e. The Hall–Kier alpha value is -6.77. The van der Waals surface area contributed by atoms with Gasteiger partial charge in [-0.3, -0.25) is 29.0 Å². The third-order valence-electron chi connectivity index (χ3n) is 12.7. The van der Waals surface area contributed by atoms with E-state index in [-0.39, 0.29) is 43.3 Å². The molecule has 2 aliphatic heterocycles. The second-order valence-corrected chi connectivity index (χ2v) is 18.7. The molecule has 3 unspecified atom stereocenters. The van der Waals surface area contributed by atoms with Gasteiger partial charge in [0.2, 0.25) is 33.8 Å². The molecule has 2 saturated heterocycles. The Morgan fingerprint density at radius 3 is 2.05 bits per heavy atom. The predicted octanol–water partition coefficient (Wildman–Crippen LogP) is 6.52. The van der Waals surface area contributed by atoms with Gasteiger partial charge < -0.3 is 28.5 Å². The van der Waals surface area contributed by atoms with Gasteiger partial charge in [0.25, 0.3) is 5.56 Å². The van der Waals surface area contributed by atoms with Gasteiger partial charge in [0.15, 0.2) is 54.3 Å². The predicted molar refractivity (Wildman–Crippen MR) is 272 cm³/mol.